The molecule has 0 radical (unpaired) electrons. The molecule has 5 heteroatoms. The van der Waals surface area contributed by atoms with Crippen molar-refractivity contribution in [2.75, 3.05) is 26.3 Å². The van der Waals surface area contributed by atoms with Crippen LogP contribution in [0.4, 0.5) is 0 Å². The van der Waals surface area contributed by atoms with E-state index in [2.05, 4.69) is 16.9 Å². The van der Waals surface area contributed by atoms with Gasteiger partial charge in [0.05, 0.1) is 12.5 Å². The predicted molar refractivity (Wildman–Crippen MR) is 74.3 cm³/mol. The smallest absolute Gasteiger partial charge is 0.228 e. The van der Waals surface area contributed by atoms with Crippen molar-refractivity contribution in [2.45, 2.75) is 32.6 Å². The number of aromatic nitrogens is 2. The van der Waals surface area contributed by atoms with Crippen molar-refractivity contribution >= 4 is 5.91 Å². The van der Waals surface area contributed by atoms with Crippen LogP contribution in [0.5, 0.6) is 0 Å². The zero-order valence-electron chi connectivity index (χ0n) is 12.0. The standard InChI is InChI=1S/C15H21N3O2/c1-2-13-12-3-6-18(7-4-14(12)17-10-16-13)15(19)11-5-8-20-9-11/h10-11H,2-9H2,1H3/t11-/m0/s1. The van der Waals surface area contributed by atoms with Crippen LogP contribution in [0.3, 0.4) is 0 Å². The maximum Gasteiger partial charge on any atom is 0.228 e. The fourth-order valence-electron chi connectivity index (χ4n) is 3.11. The molecule has 0 saturated carbocycles. The molecule has 1 aromatic heterocycles. The van der Waals surface area contributed by atoms with Gasteiger partial charge in [-0.25, -0.2) is 9.97 Å². The molecule has 20 heavy (non-hydrogen) atoms. The first kappa shape index (κ1) is 13.5. The van der Waals surface area contributed by atoms with Crippen molar-refractivity contribution < 1.29 is 9.53 Å². The summed E-state index contributed by atoms with van der Waals surface area (Å²) in [7, 11) is 0. The van der Waals surface area contributed by atoms with Gasteiger partial charge in [-0.1, -0.05) is 6.92 Å². The maximum absolute atomic E-state index is 12.5. The third kappa shape index (κ3) is 2.54. The summed E-state index contributed by atoms with van der Waals surface area (Å²) in [5, 5.41) is 0. The number of nitrogens with zero attached hydrogens (tertiary/aromatic N) is 3. The second kappa shape index (κ2) is 5.87. The Morgan fingerprint density at radius 1 is 1.40 bits per heavy atom. The lowest BCUT2D eigenvalue weighted by atomic mass is 10.1. The van der Waals surface area contributed by atoms with E-state index in [4.69, 9.17) is 4.74 Å². The zero-order valence-corrected chi connectivity index (χ0v) is 12.0. The molecule has 1 fully saturated rings. The van der Waals surface area contributed by atoms with Crippen LogP contribution in [0.1, 0.15) is 30.3 Å². The van der Waals surface area contributed by atoms with Crippen LogP contribution in [-0.4, -0.2) is 47.1 Å². The van der Waals surface area contributed by atoms with Gasteiger partial charge in [-0.3, -0.25) is 4.79 Å². The van der Waals surface area contributed by atoms with E-state index < -0.39 is 0 Å². The summed E-state index contributed by atoms with van der Waals surface area (Å²) in [6.07, 6.45) is 5.15. The van der Waals surface area contributed by atoms with Crippen LogP contribution < -0.4 is 0 Å². The van der Waals surface area contributed by atoms with Gasteiger partial charge in [0.2, 0.25) is 5.91 Å². The van der Waals surface area contributed by atoms with Crippen molar-refractivity contribution in [3.8, 4) is 0 Å². The second-order valence-corrected chi connectivity index (χ2v) is 5.48. The largest absolute Gasteiger partial charge is 0.381 e. The first-order valence-electron chi connectivity index (χ1n) is 7.47. The van der Waals surface area contributed by atoms with E-state index >= 15 is 0 Å². The molecule has 5 nitrogen and oxygen atoms in total. The van der Waals surface area contributed by atoms with Gasteiger partial charge in [0.25, 0.3) is 0 Å². The van der Waals surface area contributed by atoms with Gasteiger partial charge in [0.1, 0.15) is 6.33 Å². The van der Waals surface area contributed by atoms with E-state index in [9.17, 15) is 4.79 Å². The molecular formula is C15H21N3O2. The molecule has 0 spiro atoms. The third-order valence-corrected chi connectivity index (χ3v) is 4.30. The number of ether oxygens (including phenoxy) is 1. The number of hydrogen-bond donors (Lipinski definition) is 0. The second-order valence-electron chi connectivity index (χ2n) is 5.48. The monoisotopic (exact) mass is 275 g/mol. The number of carbonyl (C=O) groups is 1. The van der Waals surface area contributed by atoms with Crippen molar-refractivity contribution in [1.29, 1.82) is 0 Å². The van der Waals surface area contributed by atoms with Crippen LogP contribution in [0.25, 0.3) is 0 Å². The number of fused-ring (bicyclic) bond motifs is 1. The Morgan fingerprint density at radius 3 is 3.00 bits per heavy atom. The predicted octanol–water partition coefficient (Wildman–Crippen LogP) is 1.00. The van der Waals surface area contributed by atoms with E-state index in [-0.39, 0.29) is 11.8 Å². The van der Waals surface area contributed by atoms with Gasteiger partial charge in [-0.2, -0.15) is 0 Å². The molecule has 0 aliphatic carbocycles. The van der Waals surface area contributed by atoms with Crippen LogP contribution in [0, 0.1) is 5.92 Å². The summed E-state index contributed by atoms with van der Waals surface area (Å²) in [4.78, 5) is 23.2. The van der Waals surface area contributed by atoms with Gasteiger partial charge in [-0.05, 0) is 24.8 Å². The SMILES string of the molecule is CCc1ncnc2c1CCN(C(=O)[C@H]1CCOC1)CC2. The number of rotatable bonds is 2. The van der Waals surface area contributed by atoms with E-state index in [1.807, 2.05) is 4.90 Å². The molecule has 0 N–H and O–H groups in total. The fraction of sp³-hybridized carbons (Fsp3) is 0.667. The molecular weight excluding hydrogens is 254 g/mol. The molecule has 0 bridgehead atoms. The number of amides is 1. The Balaban J connectivity index is 1.73. The first-order chi connectivity index (χ1) is 9.79. The van der Waals surface area contributed by atoms with Gasteiger partial charge in [0.15, 0.2) is 0 Å². The molecule has 0 unspecified atom stereocenters. The third-order valence-electron chi connectivity index (χ3n) is 4.30. The van der Waals surface area contributed by atoms with Crippen molar-refractivity contribution in [1.82, 2.24) is 14.9 Å². The topological polar surface area (TPSA) is 55.3 Å². The number of aryl methyl sites for hydroxylation is 1. The lowest BCUT2D eigenvalue weighted by Gasteiger charge is -2.23. The van der Waals surface area contributed by atoms with E-state index in [1.54, 1.807) is 6.33 Å². The maximum atomic E-state index is 12.5. The Labute approximate surface area is 119 Å². The van der Waals surface area contributed by atoms with Crippen molar-refractivity contribution in [3.05, 3.63) is 23.3 Å². The summed E-state index contributed by atoms with van der Waals surface area (Å²) >= 11 is 0. The van der Waals surface area contributed by atoms with Crippen LogP contribution in [-0.2, 0) is 28.8 Å². The van der Waals surface area contributed by atoms with E-state index in [0.29, 0.717) is 6.61 Å². The zero-order chi connectivity index (χ0) is 13.9. The van der Waals surface area contributed by atoms with Gasteiger partial charge < -0.3 is 9.64 Å². The molecule has 2 aliphatic heterocycles. The van der Waals surface area contributed by atoms with Crippen LogP contribution >= 0.6 is 0 Å². The molecule has 1 aromatic rings. The lowest BCUT2D eigenvalue weighted by Crippen LogP contribution is -2.38. The molecule has 1 atom stereocenters. The lowest BCUT2D eigenvalue weighted by molar-refractivity contribution is -0.135. The van der Waals surface area contributed by atoms with Gasteiger partial charge in [0, 0.05) is 37.5 Å². The average Bonchev–Trinajstić information content (AvgIpc) is 2.92. The summed E-state index contributed by atoms with van der Waals surface area (Å²) in [5.74, 6) is 0.314. The Morgan fingerprint density at radius 2 is 2.25 bits per heavy atom. The average molecular weight is 275 g/mol. The molecule has 3 heterocycles. The Kier molecular flexibility index (Phi) is 3.96. The molecule has 2 aliphatic rings. The van der Waals surface area contributed by atoms with Crippen molar-refractivity contribution in [3.63, 3.8) is 0 Å². The highest BCUT2D eigenvalue weighted by Gasteiger charge is 2.29. The minimum absolute atomic E-state index is 0.0629. The highest BCUT2D eigenvalue weighted by molar-refractivity contribution is 5.79. The summed E-state index contributed by atoms with van der Waals surface area (Å²) in [6.45, 7) is 4.97. The molecule has 1 saturated heterocycles. The minimum Gasteiger partial charge on any atom is -0.381 e. The highest BCUT2D eigenvalue weighted by Crippen LogP contribution is 2.20. The van der Waals surface area contributed by atoms with Gasteiger partial charge in [-0.15, -0.1) is 0 Å². The van der Waals surface area contributed by atoms with Crippen molar-refractivity contribution in [2.24, 2.45) is 5.92 Å². The van der Waals surface area contributed by atoms with E-state index in [1.165, 1.54) is 5.56 Å². The first-order valence-corrected chi connectivity index (χ1v) is 7.47. The number of carbonyl (C=O) groups excluding carboxylic acids is 1. The number of hydrogen-bond acceptors (Lipinski definition) is 4. The van der Waals surface area contributed by atoms with Crippen LogP contribution in [0.2, 0.25) is 0 Å². The van der Waals surface area contributed by atoms with E-state index in [0.717, 1.165) is 56.8 Å². The normalized spacial score (nSPS) is 22.4. The highest BCUT2D eigenvalue weighted by atomic mass is 16.5. The van der Waals surface area contributed by atoms with Gasteiger partial charge >= 0.3 is 0 Å². The summed E-state index contributed by atoms with van der Waals surface area (Å²) < 4.78 is 5.33. The Hall–Kier alpha value is -1.49. The summed E-state index contributed by atoms with van der Waals surface area (Å²) in [6, 6.07) is 0. The Bertz CT molecular complexity index is 498. The molecule has 0 aromatic carbocycles. The van der Waals surface area contributed by atoms with Crippen LogP contribution in [0.15, 0.2) is 6.33 Å². The molecule has 1 amide bonds. The molecule has 3 rings (SSSR count). The fourth-order valence-corrected chi connectivity index (χ4v) is 3.11. The summed E-state index contributed by atoms with van der Waals surface area (Å²) in [5.41, 5.74) is 3.51. The minimum atomic E-state index is 0.0629. The molecule has 108 valence electrons. The quantitative estimate of drug-likeness (QED) is 0.808.